The van der Waals surface area contributed by atoms with Crippen LogP contribution in [0.2, 0.25) is 0 Å². The van der Waals surface area contributed by atoms with Gasteiger partial charge < -0.3 is 20.6 Å². The van der Waals surface area contributed by atoms with Gasteiger partial charge in [-0.15, -0.1) is 0 Å². The van der Waals surface area contributed by atoms with Crippen molar-refractivity contribution in [2.24, 2.45) is 0 Å². The fraction of sp³-hybridized carbons (Fsp3) is 1.00. The Hall–Kier alpha value is -0.160. The molecule has 0 radical (unpaired) electrons. The van der Waals surface area contributed by atoms with Crippen molar-refractivity contribution < 1.29 is 15.3 Å². The fourth-order valence-electron chi connectivity index (χ4n) is 0.250. The maximum Gasteiger partial charge on any atom is 0.272 e. The lowest BCUT2D eigenvalue weighted by atomic mass is 10.7. The van der Waals surface area contributed by atoms with Gasteiger partial charge in [-0.05, 0) is 13.1 Å². The Balaban J connectivity index is 0. The fourth-order valence-corrected chi connectivity index (χ4v) is 0.250. The third-order valence-corrected chi connectivity index (χ3v) is 0.500. The van der Waals surface area contributed by atoms with E-state index in [-0.39, 0.29) is 0 Å². The third kappa shape index (κ3) is 108. The van der Waals surface area contributed by atoms with E-state index in [9.17, 15) is 0 Å². The Bertz CT molecular complexity index is 52.5. The Labute approximate surface area is 61.5 Å². The van der Waals surface area contributed by atoms with E-state index < -0.39 is 5.97 Å². The van der Waals surface area contributed by atoms with Gasteiger partial charge in [-0.1, -0.05) is 13.8 Å². The molecule has 0 atom stereocenters. The summed E-state index contributed by atoms with van der Waals surface area (Å²) in [5.74, 6) is -2.50. The van der Waals surface area contributed by atoms with E-state index in [0.29, 0.717) is 0 Å². The van der Waals surface area contributed by atoms with Gasteiger partial charge in [0.15, 0.2) is 0 Å². The van der Waals surface area contributed by atoms with Gasteiger partial charge in [0.25, 0.3) is 5.97 Å². The molecule has 0 aromatic carbocycles. The topological polar surface area (TPSA) is 72.7 Å². The van der Waals surface area contributed by atoms with Gasteiger partial charge in [0.1, 0.15) is 0 Å². The minimum absolute atomic E-state index is 0.854. The van der Waals surface area contributed by atoms with Crippen molar-refractivity contribution in [3.05, 3.63) is 0 Å². The van der Waals surface area contributed by atoms with Crippen LogP contribution >= 0.6 is 0 Å². The molecule has 0 aromatic rings. The lowest BCUT2D eigenvalue weighted by molar-refractivity contribution is -0.297. The van der Waals surface area contributed by atoms with Crippen molar-refractivity contribution in [2.75, 3.05) is 13.1 Å². The monoisotopic (exact) mass is 151 g/mol. The molecule has 10 heavy (non-hydrogen) atoms. The molecule has 0 saturated carbocycles. The molecule has 0 aromatic heterocycles. The Morgan fingerprint density at radius 3 is 1.30 bits per heavy atom. The average Bonchev–Trinajstić information content (AvgIpc) is 1.63. The van der Waals surface area contributed by atoms with Crippen molar-refractivity contribution in [3.63, 3.8) is 0 Å². The standard InChI is InChI=1S/C4H11N.C2H6O3/c1-3-5-4-2;1-2(3,4)5/h5H,3-4H2,1-2H3;3-5H,1H3. The summed E-state index contributed by atoms with van der Waals surface area (Å²) < 4.78 is 0. The summed E-state index contributed by atoms with van der Waals surface area (Å²) in [7, 11) is 0. The zero-order chi connectivity index (χ0) is 8.62. The summed E-state index contributed by atoms with van der Waals surface area (Å²) in [6.45, 7) is 7.24. The van der Waals surface area contributed by atoms with Gasteiger partial charge in [-0.25, -0.2) is 0 Å². The number of hydrogen-bond acceptors (Lipinski definition) is 4. The highest BCUT2D eigenvalue weighted by Gasteiger charge is 2.03. The third-order valence-electron chi connectivity index (χ3n) is 0.500. The molecule has 0 saturated heterocycles. The molecular formula is C6H17NO3. The molecule has 4 heteroatoms. The van der Waals surface area contributed by atoms with E-state index in [4.69, 9.17) is 15.3 Å². The molecule has 0 spiro atoms. The maximum absolute atomic E-state index is 7.63. The van der Waals surface area contributed by atoms with Gasteiger partial charge in [-0.3, -0.25) is 0 Å². The van der Waals surface area contributed by atoms with Gasteiger partial charge in [0.2, 0.25) is 0 Å². The summed E-state index contributed by atoms with van der Waals surface area (Å²) >= 11 is 0. The largest absolute Gasteiger partial charge is 0.344 e. The first-order valence-corrected chi connectivity index (χ1v) is 3.29. The molecule has 0 rings (SSSR count). The number of rotatable bonds is 2. The van der Waals surface area contributed by atoms with E-state index in [1.54, 1.807) is 0 Å². The second-order valence-corrected chi connectivity index (χ2v) is 1.93. The highest BCUT2D eigenvalue weighted by atomic mass is 16.7. The molecule has 4 N–H and O–H groups in total. The van der Waals surface area contributed by atoms with Crippen LogP contribution in [0.3, 0.4) is 0 Å². The first kappa shape index (κ1) is 12.5. The van der Waals surface area contributed by atoms with Crippen molar-refractivity contribution in [1.29, 1.82) is 0 Å². The molecule has 0 unspecified atom stereocenters. The van der Waals surface area contributed by atoms with E-state index in [1.807, 2.05) is 0 Å². The predicted octanol–water partition coefficient (Wildman–Crippen LogP) is -0.747. The molecule has 0 bridgehead atoms. The van der Waals surface area contributed by atoms with E-state index >= 15 is 0 Å². The Morgan fingerprint density at radius 1 is 1.10 bits per heavy atom. The SMILES string of the molecule is CC(O)(O)O.CCNCC. The second-order valence-electron chi connectivity index (χ2n) is 1.93. The predicted molar refractivity (Wildman–Crippen MR) is 39.3 cm³/mol. The van der Waals surface area contributed by atoms with Gasteiger partial charge in [-0.2, -0.15) is 0 Å². The highest BCUT2D eigenvalue weighted by Crippen LogP contribution is 1.82. The number of nitrogens with one attached hydrogen (secondary N) is 1. The lowest BCUT2D eigenvalue weighted by Crippen LogP contribution is -2.20. The summed E-state index contributed by atoms with van der Waals surface area (Å²) in [6.07, 6.45) is 0. The van der Waals surface area contributed by atoms with Crippen LogP contribution in [0.1, 0.15) is 20.8 Å². The van der Waals surface area contributed by atoms with Crippen molar-refractivity contribution in [3.8, 4) is 0 Å². The first-order chi connectivity index (χ1) is 4.41. The second kappa shape index (κ2) is 6.95. The smallest absolute Gasteiger partial charge is 0.272 e. The van der Waals surface area contributed by atoms with Crippen molar-refractivity contribution in [2.45, 2.75) is 26.7 Å². The molecular weight excluding hydrogens is 134 g/mol. The summed E-state index contributed by atoms with van der Waals surface area (Å²) in [5.41, 5.74) is 0. The minimum Gasteiger partial charge on any atom is -0.344 e. The van der Waals surface area contributed by atoms with Crippen LogP contribution in [-0.2, 0) is 0 Å². The molecule has 0 aliphatic carbocycles. The molecule has 0 fully saturated rings. The summed E-state index contributed by atoms with van der Waals surface area (Å²) in [6, 6.07) is 0. The zero-order valence-corrected chi connectivity index (χ0v) is 6.76. The zero-order valence-electron chi connectivity index (χ0n) is 6.76. The van der Waals surface area contributed by atoms with Crippen molar-refractivity contribution >= 4 is 0 Å². The van der Waals surface area contributed by atoms with Gasteiger partial charge in [0.05, 0.1) is 0 Å². The van der Waals surface area contributed by atoms with E-state index in [0.717, 1.165) is 20.0 Å². The minimum atomic E-state index is -2.50. The van der Waals surface area contributed by atoms with Crippen LogP contribution in [0.5, 0.6) is 0 Å². The van der Waals surface area contributed by atoms with Crippen LogP contribution in [0.25, 0.3) is 0 Å². The van der Waals surface area contributed by atoms with Crippen LogP contribution in [0.4, 0.5) is 0 Å². The Morgan fingerprint density at radius 2 is 1.30 bits per heavy atom. The maximum atomic E-state index is 7.63. The Kier molecular flexibility index (Phi) is 8.70. The number of hydrogen-bond donors (Lipinski definition) is 4. The van der Waals surface area contributed by atoms with E-state index in [2.05, 4.69) is 19.2 Å². The first-order valence-electron chi connectivity index (χ1n) is 3.29. The van der Waals surface area contributed by atoms with Crippen LogP contribution in [-0.4, -0.2) is 34.4 Å². The summed E-state index contributed by atoms with van der Waals surface area (Å²) in [4.78, 5) is 0. The van der Waals surface area contributed by atoms with Gasteiger partial charge >= 0.3 is 0 Å². The van der Waals surface area contributed by atoms with Crippen molar-refractivity contribution in [1.82, 2.24) is 5.32 Å². The summed E-state index contributed by atoms with van der Waals surface area (Å²) in [5, 5.41) is 26.0. The average molecular weight is 151 g/mol. The number of aliphatic hydroxyl groups is 3. The molecule has 64 valence electrons. The van der Waals surface area contributed by atoms with E-state index in [1.165, 1.54) is 0 Å². The quantitative estimate of drug-likeness (QED) is 0.392. The van der Waals surface area contributed by atoms with Crippen LogP contribution < -0.4 is 5.32 Å². The van der Waals surface area contributed by atoms with Crippen LogP contribution in [0.15, 0.2) is 0 Å². The van der Waals surface area contributed by atoms with Crippen LogP contribution in [0, 0.1) is 0 Å². The normalized spacial score (nSPS) is 10.2. The molecule has 0 amide bonds. The molecule has 0 heterocycles. The molecule has 0 aliphatic heterocycles. The molecule has 4 nitrogen and oxygen atoms in total. The lowest BCUT2D eigenvalue weighted by Gasteiger charge is -2.01. The molecule has 0 aliphatic rings. The van der Waals surface area contributed by atoms with Gasteiger partial charge in [0, 0.05) is 6.92 Å². The highest BCUT2D eigenvalue weighted by molar-refractivity contribution is 4.27.